The van der Waals surface area contributed by atoms with Crippen molar-refractivity contribution in [1.29, 1.82) is 0 Å². The SMILES string of the molecule is O=S(=O)(c1ccc2ccccc2c1)N1CCN(S(=O)(=O)c2ccc3ccccc3c2)[C@@H](CCO)C1. The number of sulfonamides is 2. The van der Waals surface area contributed by atoms with Crippen LogP contribution in [-0.4, -0.2) is 62.8 Å². The maximum atomic E-state index is 13.6. The van der Waals surface area contributed by atoms with Crippen LogP contribution in [0.4, 0.5) is 0 Å². The summed E-state index contributed by atoms with van der Waals surface area (Å²) in [6, 6.07) is 24.3. The fourth-order valence-electron chi connectivity index (χ4n) is 4.67. The Morgan fingerprint density at radius 3 is 1.74 bits per heavy atom. The average molecular weight is 511 g/mol. The van der Waals surface area contributed by atoms with Gasteiger partial charge in [0.05, 0.1) is 9.79 Å². The lowest BCUT2D eigenvalue weighted by molar-refractivity contribution is 0.163. The molecule has 0 amide bonds. The molecule has 182 valence electrons. The smallest absolute Gasteiger partial charge is 0.243 e. The van der Waals surface area contributed by atoms with Gasteiger partial charge < -0.3 is 5.11 Å². The topological polar surface area (TPSA) is 95.0 Å². The summed E-state index contributed by atoms with van der Waals surface area (Å²) in [5.74, 6) is 0. The van der Waals surface area contributed by atoms with Crippen molar-refractivity contribution in [3.05, 3.63) is 84.9 Å². The lowest BCUT2D eigenvalue weighted by Gasteiger charge is -2.39. The van der Waals surface area contributed by atoms with Gasteiger partial charge >= 0.3 is 0 Å². The fraction of sp³-hybridized carbons (Fsp3) is 0.231. The van der Waals surface area contributed by atoms with Gasteiger partial charge in [0, 0.05) is 32.3 Å². The van der Waals surface area contributed by atoms with Crippen molar-refractivity contribution in [2.45, 2.75) is 22.3 Å². The molecule has 4 aromatic carbocycles. The number of aliphatic hydroxyl groups excluding tert-OH is 1. The molecule has 1 fully saturated rings. The van der Waals surface area contributed by atoms with Gasteiger partial charge in [-0.3, -0.25) is 0 Å². The lowest BCUT2D eigenvalue weighted by Crippen LogP contribution is -2.56. The summed E-state index contributed by atoms with van der Waals surface area (Å²) >= 11 is 0. The molecule has 0 aromatic heterocycles. The molecule has 0 saturated carbocycles. The van der Waals surface area contributed by atoms with Crippen LogP contribution in [-0.2, 0) is 20.0 Å². The van der Waals surface area contributed by atoms with E-state index in [1.807, 2.05) is 48.5 Å². The third-order valence-electron chi connectivity index (χ3n) is 6.54. The largest absolute Gasteiger partial charge is 0.396 e. The van der Waals surface area contributed by atoms with Gasteiger partial charge in [0.25, 0.3) is 0 Å². The highest BCUT2D eigenvalue weighted by Crippen LogP contribution is 2.29. The Balaban J connectivity index is 1.44. The molecule has 0 aliphatic carbocycles. The van der Waals surface area contributed by atoms with Gasteiger partial charge in [-0.15, -0.1) is 0 Å². The van der Waals surface area contributed by atoms with Crippen LogP contribution in [0.3, 0.4) is 0 Å². The third kappa shape index (κ3) is 4.46. The molecule has 4 aromatic rings. The first-order valence-corrected chi connectivity index (χ1v) is 14.3. The van der Waals surface area contributed by atoms with Gasteiger partial charge in [-0.2, -0.15) is 8.61 Å². The predicted octanol–water partition coefficient (Wildman–Crippen LogP) is 3.44. The van der Waals surface area contributed by atoms with Gasteiger partial charge in [0.2, 0.25) is 20.0 Å². The van der Waals surface area contributed by atoms with Crippen LogP contribution in [0.15, 0.2) is 94.7 Å². The van der Waals surface area contributed by atoms with Crippen LogP contribution in [0.25, 0.3) is 21.5 Å². The Kier molecular flexibility index (Phi) is 6.37. The molecule has 7 nitrogen and oxygen atoms in total. The Bertz CT molecular complexity index is 1600. The second-order valence-corrected chi connectivity index (χ2v) is 12.5. The normalized spacial score (nSPS) is 18.3. The molecule has 0 spiro atoms. The summed E-state index contributed by atoms with van der Waals surface area (Å²) < 4.78 is 56.7. The van der Waals surface area contributed by atoms with Crippen molar-refractivity contribution in [3.63, 3.8) is 0 Å². The zero-order chi connectivity index (χ0) is 24.6. The van der Waals surface area contributed by atoms with Crippen molar-refractivity contribution >= 4 is 41.6 Å². The summed E-state index contributed by atoms with van der Waals surface area (Å²) in [4.78, 5) is 0.328. The van der Waals surface area contributed by atoms with Gasteiger partial charge in [-0.05, 0) is 52.2 Å². The number of rotatable bonds is 6. The van der Waals surface area contributed by atoms with E-state index >= 15 is 0 Å². The minimum Gasteiger partial charge on any atom is -0.396 e. The van der Waals surface area contributed by atoms with E-state index in [-0.39, 0.29) is 42.5 Å². The zero-order valence-corrected chi connectivity index (χ0v) is 20.6. The van der Waals surface area contributed by atoms with E-state index in [4.69, 9.17) is 0 Å². The summed E-state index contributed by atoms with van der Waals surface area (Å²) in [6.45, 7) is -0.239. The van der Waals surface area contributed by atoms with Crippen LogP contribution in [0.1, 0.15) is 6.42 Å². The van der Waals surface area contributed by atoms with Crippen molar-refractivity contribution in [2.24, 2.45) is 0 Å². The van der Waals surface area contributed by atoms with E-state index in [1.54, 1.807) is 36.4 Å². The average Bonchev–Trinajstić information content (AvgIpc) is 2.88. The van der Waals surface area contributed by atoms with E-state index in [0.29, 0.717) is 0 Å². The third-order valence-corrected chi connectivity index (χ3v) is 10.3. The predicted molar refractivity (Wildman–Crippen MR) is 136 cm³/mol. The molecule has 9 heteroatoms. The number of benzene rings is 4. The number of fused-ring (bicyclic) bond motifs is 2. The van der Waals surface area contributed by atoms with Crippen LogP contribution in [0, 0.1) is 0 Å². The highest BCUT2D eigenvalue weighted by molar-refractivity contribution is 7.89. The standard InChI is InChI=1S/C26H26N2O5S2/c29-16-13-24-19-27(34(30,31)25-11-9-20-5-1-3-7-22(20)17-25)14-15-28(24)35(32,33)26-12-10-21-6-2-4-8-23(21)18-26/h1-12,17-18,24,29H,13-16,19H2/t24-/m0/s1. The summed E-state index contributed by atoms with van der Waals surface area (Å²) in [7, 11) is -7.72. The molecule has 35 heavy (non-hydrogen) atoms. The number of hydrogen-bond donors (Lipinski definition) is 1. The van der Waals surface area contributed by atoms with Crippen molar-refractivity contribution < 1.29 is 21.9 Å². The Labute approximate surface area is 205 Å². The Morgan fingerprint density at radius 1 is 0.686 bits per heavy atom. The number of nitrogens with zero attached hydrogens (tertiary/aromatic N) is 2. The highest BCUT2D eigenvalue weighted by Gasteiger charge is 2.39. The van der Waals surface area contributed by atoms with E-state index in [2.05, 4.69) is 0 Å². The van der Waals surface area contributed by atoms with Crippen LogP contribution in [0.5, 0.6) is 0 Å². The molecule has 1 N–H and O–H groups in total. The van der Waals surface area contributed by atoms with Crippen LogP contribution < -0.4 is 0 Å². The molecule has 0 bridgehead atoms. The van der Waals surface area contributed by atoms with Gasteiger partial charge in [-0.25, -0.2) is 16.8 Å². The Morgan fingerprint density at radius 2 is 1.20 bits per heavy atom. The van der Waals surface area contributed by atoms with Gasteiger partial charge in [0.1, 0.15) is 0 Å². The minimum absolute atomic E-state index is 0.00659. The summed E-state index contributed by atoms with van der Waals surface area (Å²) in [6.07, 6.45) is 0.135. The molecule has 1 saturated heterocycles. The number of hydrogen-bond acceptors (Lipinski definition) is 5. The lowest BCUT2D eigenvalue weighted by atomic mass is 10.1. The van der Waals surface area contributed by atoms with Gasteiger partial charge in [-0.1, -0.05) is 60.7 Å². The van der Waals surface area contributed by atoms with E-state index < -0.39 is 26.1 Å². The molecule has 5 rings (SSSR count). The second kappa shape index (κ2) is 9.33. The van der Waals surface area contributed by atoms with Crippen LogP contribution in [0.2, 0.25) is 0 Å². The van der Waals surface area contributed by atoms with Crippen molar-refractivity contribution in [2.75, 3.05) is 26.2 Å². The first-order valence-electron chi connectivity index (χ1n) is 11.4. The van der Waals surface area contributed by atoms with E-state index in [1.165, 1.54) is 8.61 Å². The van der Waals surface area contributed by atoms with E-state index in [9.17, 15) is 21.9 Å². The van der Waals surface area contributed by atoms with Gasteiger partial charge in [0.15, 0.2) is 0 Å². The summed E-state index contributed by atoms with van der Waals surface area (Å²) in [5.41, 5.74) is 0. The molecule has 1 atom stereocenters. The molecular weight excluding hydrogens is 484 g/mol. The zero-order valence-electron chi connectivity index (χ0n) is 19.0. The minimum atomic E-state index is -3.89. The monoisotopic (exact) mass is 510 g/mol. The quantitative estimate of drug-likeness (QED) is 0.429. The number of aliphatic hydroxyl groups is 1. The molecule has 1 aliphatic heterocycles. The van der Waals surface area contributed by atoms with E-state index in [0.717, 1.165) is 21.5 Å². The highest BCUT2D eigenvalue weighted by atomic mass is 32.2. The van der Waals surface area contributed by atoms with Crippen molar-refractivity contribution in [3.8, 4) is 0 Å². The summed E-state index contributed by atoms with van der Waals surface area (Å²) in [5, 5.41) is 13.2. The molecule has 0 radical (unpaired) electrons. The molecular formula is C26H26N2O5S2. The molecule has 0 unspecified atom stereocenters. The first-order chi connectivity index (χ1) is 16.8. The first kappa shape index (κ1) is 23.9. The fourth-order valence-corrected chi connectivity index (χ4v) is 7.85. The molecule has 1 aliphatic rings. The number of piperazine rings is 1. The van der Waals surface area contributed by atoms with Crippen LogP contribution >= 0.6 is 0 Å². The maximum Gasteiger partial charge on any atom is 0.243 e. The Hall–Kier alpha value is -2.82. The second-order valence-electron chi connectivity index (χ2n) is 8.66. The molecule has 1 heterocycles. The maximum absolute atomic E-state index is 13.6. The van der Waals surface area contributed by atoms with Crippen molar-refractivity contribution in [1.82, 2.24) is 8.61 Å².